The van der Waals surface area contributed by atoms with Crippen LogP contribution < -0.4 is 10.6 Å². The molecule has 3 aromatic carbocycles. The maximum atomic E-state index is 6.62. The van der Waals surface area contributed by atoms with Crippen LogP contribution in [0.4, 0.5) is 11.4 Å². The van der Waals surface area contributed by atoms with Crippen molar-refractivity contribution in [1.82, 2.24) is 4.90 Å². The van der Waals surface area contributed by atoms with Gasteiger partial charge in [0.15, 0.2) is 0 Å². The summed E-state index contributed by atoms with van der Waals surface area (Å²) in [6.07, 6.45) is 0. The van der Waals surface area contributed by atoms with E-state index in [0.29, 0.717) is 21.4 Å². The standard InChI is InChI=1S/C30H29Cl4N3/c1-17-11-22(13-23(31)12-17)29(30(5,33)34)19(3)36-25-9-10-28(32)26(14-25)18(2)35-24-8-7-21-16-37(6)20(4)27(21)15-24/h7-15,29,35-36H,2-4,16H2,1,5-6H3. The molecule has 0 amide bonds. The molecule has 0 fully saturated rings. The van der Waals surface area contributed by atoms with Gasteiger partial charge in [0.05, 0.1) is 10.9 Å². The summed E-state index contributed by atoms with van der Waals surface area (Å²) in [5.41, 5.74) is 9.00. The van der Waals surface area contributed by atoms with Crippen LogP contribution in [0.25, 0.3) is 11.4 Å². The normalized spacial score (nSPS) is 13.8. The van der Waals surface area contributed by atoms with Crippen LogP contribution >= 0.6 is 46.4 Å². The van der Waals surface area contributed by atoms with E-state index in [9.17, 15) is 0 Å². The molecule has 0 spiro atoms. The van der Waals surface area contributed by atoms with Gasteiger partial charge in [0.1, 0.15) is 4.33 Å². The molecule has 1 aliphatic heterocycles. The lowest BCUT2D eigenvalue weighted by Crippen LogP contribution is -2.25. The van der Waals surface area contributed by atoms with Gasteiger partial charge in [-0.25, -0.2) is 0 Å². The molecule has 0 aromatic heterocycles. The van der Waals surface area contributed by atoms with Crippen molar-refractivity contribution in [3.05, 3.63) is 118 Å². The van der Waals surface area contributed by atoms with E-state index in [1.54, 1.807) is 6.92 Å². The molecule has 4 rings (SSSR count). The highest BCUT2D eigenvalue weighted by molar-refractivity contribution is 6.49. The van der Waals surface area contributed by atoms with Crippen LogP contribution in [0.5, 0.6) is 0 Å². The number of aryl methyl sites for hydroxylation is 1. The van der Waals surface area contributed by atoms with Crippen LogP contribution in [-0.4, -0.2) is 16.3 Å². The monoisotopic (exact) mass is 571 g/mol. The SMILES string of the molecule is C=C(Nc1ccc2c(c1)C(=C)N(C)C2)c1cc(NC(=C)C(c2cc(C)cc(Cl)c2)C(C)(Cl)Cl)ccc1Cl. The molecule has 2 N–H and O–H groups in total. The van der Waals surface area contributed by atoms with Crippen LogP contribution in [-0.2, 0) is 6.54 Å². The predicted octanol–water partition coefficient (Wildman–Crippen LogP) is 9.70. The minimum absolute atomic E-state index is 0.425. The average molecular weight is 573 g/mol. The first-order chi connectivity index (χ1) is 17.3. The number of allylic oxidation sites excluding steroid dienone is 1. The number of anilines is 2. The highest BCUT2D eigenvalue weighted by Crippen LogP contribution is 2.43. The number of nitrogens with one attached hydrogen (secondary N) is 2. The van der Waals surface area contributed by atoms with Gasteiger partial charge in [-0.2, -0.15) is 0 Å². The van der Waals surface area contributed by atoms with E-state index in [0.717, 1.165) is 45.9 Å². The van der Waals surface area contributed by atoms with Gasteiger partial charge in [0.2, 0.25) is 0 Å². The largest absolute Gasteiger partial charge is 0.370 e. The molecule has 3 nitrogen and oxygen atoms in total. The number of benzene rings is 3. The number of hydrogen-bond acceptors (Lipinski definition) is 3. The summed E-state index contributed by atoms with van der Waals surface area (Å²) in [7, 11) is 2.04. The Hall–Kier alpha value is -2.56. The zero-order chi connectivity index (χ0) is 27.1. The number of hydrogen-bond donors (Lipinski definition) is 2. The highest BCUT2D eigenvalue weighted by Gasteiger charge is 2.34. The van der Waals surface area contributed by atoms with Crippen molar-refractivity contribution in [1.29, 1.82) is 0 Å². The second-order valence-electron chi connectivity index (χ2n) is 9.57. The van der Waals surface area contributed by atoms with Crippen molar-refractivity contribution in [2.75, 3.05) is 17.7 Å². The van der Waals surface area contributed by atoms with Crippen LogP contribution in [0.1, 0.15) is 40.7 Å². The minimum atomic E-state index is -1.13. The lowest BCUT2D eigenvalue weighted by Gasteiger charge is -2.30. The van der Waals surface area contributed by atoms with Crippen LogP contribution in [0.3, 0.4) is 0 Å². The molecule has 1 unspecified atom stereocenters. The molecule has 1 aliphatic rings. The summed E-state index contributed by atoms with van der Waals surface area (Å²) >= 11 is 26.1. The third-order valence-electron chi connectivity index (χ3n) is 6.43. The number of nitrogens with zero attached hydrogens (tertiary/aromatic N) is 1. The fraction of sp³-hybridized carbons (Fsp3) is 0.200. The maximum absolute atomic E-state index is 6.62. The van der Waals surface area contributed by atoms with Crippen molar-refractivity contribution >= 4 is 69.2 Å². The Bertz CT molecular complexity index is 1380. The quantitative estimate of drug-likeness (QED) is 0.263. The summed E-state index contributed by atoms with van der Waals surface area (Å²) in [5.74, 6) is -0.425. The molecule has 0 radical (unpaired) electrons. The third kappa shape index (κ3) is 6.13. The predicted molar refractivity (Wildman–Crippen MR) is 163 cm³/mol. The summed E-state index contributed by atoms with van der Waals surface area (Å²) in [5, 5.41) is 7.93. The molecule has 3 aromatic rings. The van der Waals surface area contributed by atoms with Crippen molar-refractivity contribution in [3.8, 4) is 0 Å². The highest BCUT2D eigenvalue weighted by atomic mass is 35.5. The van der Waals surface area contributed by atoms with Crippen LogP contribution in [0.2, 0.25) is 10.0 Å². The Balaban J connectivity index is 1.57. The second-order valence-corrected chi connectivity index (χ2v) is 12.2. The van der Waals surface area contributed by atoms with Gasteiger partial charge in [0, 0.05) is 58.2 Å². The molecular weight excluding hydrogens is 544 g/mol. The summed E-state index contributed by atoms with van der Waals surface area (Å²) in [4.78, 5) is 2.13. The van der Waals surface area contributed by atoms with Crippen LogP contribution in [0, 0.1) is 6.92 Å². The first kappa shape index (κ1) is 27.5. The molecule has 192 valence electrons. The molecule has 37 heavy (non-hydrogen) atoms. The summed E-state index contributed by atoms with van der Waals surface area (Å²) in [6, 6.07) is 17.6. The lowest BCUT2D eigenvalue weighted by atomic mass is 9.91. The molecule has 1 heterocycles. The Kier molecular flexibility index (Phi) is 7.92. The summed E-state index contributed by atoms with van der Waals surface area (Å²) in [6.45, 7) is 17.3. The third-order valence-corrected chi connectivity index (χ3v) is 7.42. The molecule has 0 aliphatic carbocycles. The Morgan fingerprint density at radius 2 is 1.65 bits per heavy atom. The first-order valence-electron chi connectivity index (χ1n) is 11.7. The zero-order valence-electron chi connectivity index (χ0n) is 21.1. The van der Waals surface area contributed by atoms with E-state index in [2.05, 4.69) is 47.4 Å². The lowest BCUT2D eigenvalue weighted by molar-refractivity contribution is 0.501. The van der Waals surface area contributed by atoms with Gasteiger partial charge in [-0.05, 0) is 73.0 Å². The maximum Gasteiger partial charge on any atom is 0.127 e. The molecule has 7 heteroatoms. The molecule has 1 atom stereocenters. The average Bonchev–Trinajstić information content (AvgIpc) is 3.06. The van der Waals surface area contributed by atoms with Crippen LogP contribution in [0.15, 0.2) is 80.0 Å². The smallest absolute Gasteiger partial charge is 0.127 e. The Morgan fingerprint density at radius 1 is 0.973 bits per heavy atom. The fourth-order valence-corrected chi connectivity index (χ4v) is 5.73. The Morgan fingerprint density at radius 3 is 2.32 bits per heavy atom. The summed E-state index contributed by atoms with van der Waals surface area (Å²) < 4.78 is -1.13. The topological polar surface area (TPSA) is 27.3 Å². The van der Waals surface area contributed by atoms with E-state index < -0.39 is 10.3 Å². The number of alkyl halides is 2. The van der Waals surface area contributed by atoms with Gasteiger partial charge in [-0.1, -0.05) is 55.1 Å². The van der Waals surface area contributed by atoms with Crippen molar-refractivity contribution in [2.45, 2.75) is 30.6 Å². The van der Waals surface area contributed by atoms with E-state index >= 15 is 0 Å². The number of rotatable bonds is 8. The van der Waals surface area contributed by atoms with E-state index in [-0.39, 0.29) is 0 Å². The van der Waals surface area contributed by atoms with Crippen molar-refractivity contribution < 1.29 is 0 Å². The second kappa shape index (κ2) is 10.7. The molecule has 0 saturated heterocycles. The molecule has 0 bridgehead atoms. The fourth-order valence-electron chi connectivity index (χ4n) is 4.68. The number of fused-ring (bicyclic) bond motifs is 1. The van der Waals surface area contributed by atoms with Gasteiger partial charge in [-0.3, -0.25) is 0 Å². The van der Waals surface area contributed by atoms with E-state index in [1.165, 1.54) is 5.56 Å². The number of halogens is 4. The van der Waals surface area contributed by atoms with Gasteiger partial charge in [-0.15, -0.1) is 23.2 Å². The Labute approximate surface area is 239 Å². The molecular formula is C30H29Cl4N3. The minimum Gasteiger partial charge on any atom is -0.370 e. The first-order valence-corrected chi connectivity index (χ1v) is 13.2. The van der Waals surface area contributed by atoms with Gasteiger partial charge < -0.3 is 15.5 Å². The van der Waals surface area contributed by atoms with Crippen molar-refractivity contribution in [2.24, 2.45) is 0 Å². The van der Waals surface area contributed by atoms with Gasteiger partial charge >= 0.3 is 0 Å². The van der Waals surface area contributed by atoms with Crippen molar-refractivity contribution in [3.63, 3.8) is 0 Å². The molecule has 0 saturated carbocycles. The van der Waals surface area contributed by atoms with Gasteiger partial charge in [0.25, 0.3) is 0 Å². The van der Waals surface area contributed by atoms with E-state index in [4.69, 9.17) is 46.4 Å². The zero-order valence-corrected chi connectivity index (χ0v) is 24.1. The van der Waals surface area contributed by atoms with E-state index in [1.807, 2.05) is 56.4 Å².